The standard InChI is InChI=1S/C30H48O4/c1-25(2)14-19-18-8-9-21-27(5)12-11-22(32)26(3,4)20(27)10-13-28(21,6)29(18,7)15-24(34)30(19,17-31)16-23(25)33/h8-9,20-24,31-34H,10-17H2,1-7H3/t20-,21+,22-,23+,24+,27-,28+,29+,30+/m0/s1. The van der Waals surface area contributed by atoms with Crippen molar-refractivity contribution in [3.05, 3.63) is 23.3 Å². The van der Waals surface area contributed by atoms with Gasteiger partial charge in [0.1, 0.15) is 0 Å². The van der Waals surface area contributed by atoms with E-state index in [0.717, 1.165) is 25.7 Å². The van der Waals surface area contributed by atoms with Gasteiger partial charge < -0.3 is 20.4 Å². The van der Waals surface area contributed by atoms with E-state index in [4.69, 9.17) is 0 Å². The summed E-state index contributed by atoms with van der Waals surface area (Å²) in [5.74, 6) is 0.856. The third kappa shape index (κ3) is 2.80. The van der Waals surface area contributed by atoms with Crippen LogP contribution in [0, 0.1) is 44.3 Å². The first-order valence-corrected chi connectivity index (χ1v) is 13.7. The molecule has 0 saturated heterocycles. The molecule has 0 spiro atoms. The lowest BCUT2D eigenvalue weighted by molar-refractivity contribution is -0.191. The molecule has 5 rings (SSSR count). The maximum Gasteiger partial charge on any atom is 0.0665 e. The molecule has 0 unspecified atom stereocenters. The van der Waals surface area contributed by atoms with Crippen LogP contribution in [0.15, 0.2) is 23.3 Å². The molecule has 0 aromatic rings. The van der Waals surface area contributed by atoms with Gasteiger partial charge in [-0.1, -0.05) is 66.2 Å². The molecule has 0 aromatic carbocycles. The molecule has 0 aromatic heterocycles. The number of allylic oxidation sites excluding steroid dienone is 3. The van der Waals surface area contributed by atoms with Crippen LogP contribution in [0.25, 0.3) is 0 Å². The fraction of sp³-hybridized carbons (Fsp3) is 0.867. The minimum absolute atomic E-state index is 0.00346. The summed E-state index contributed by atoms with van der Waals surface area (Å²) in [5.41, 5.74) is 1.32. The summed E-state index contributed by atoms with van der Waals surface area (Å²) in [4.78, 5) is 0. The highest BCUT2D eigenvalue weighted by molar-refractivity contribution is 5.47. The highest BCUT2D eigenvalue weighted by atomic mass is 16.3. The predicted octanol–water partition coefficient (Wildman–Crippen LogP) is 5.00. The molecule has 9 atom stereocenters. The molecular weight excluding hydrogens is 424 g/mol. The molecule has 34 heavy (non-hydrogen) atoms. The Morgan fingerprint density at radius 3 is 2.18 bits per heavy atom. The van der Waals surface area contributed by atoms with E-state index in [0.29, 0.717) is 31.1 Å². The third-order valence-electron chi connectivity index (χ3n) is 12.7. The molecule has 0 heterocycles. The van der Waals surface area contributed by atoms with Gasteiger partial charge in [0.2, 0.25) is 0 Å². The van der Waals surface area contributed by atoms with Crippen molar-refractivity contribution in [1.29, 1.82) is 0 Å². The van der Waals surface area contributed by atoms with Gasteiger partial charge in [-0.25, -0.2) is 0 Å². The Balaban J connectivity index is 1.69. The van der Waals surface area contributed by atoms with Crippen LogP contribution in [0.2, 0.25) is 0 Å². The van der Waals surface area contributed by atoms with Gasteiger partial charge >= 0.3 is 0 Å². The normalized spacial score (nSPS) is 53.4. The molecule has 4 nitrogen and oxygen atoms in total. The first-order valence-electron chi connectivity index (χ1n) is 13.7. The maximum atomic E-state index is 11.7. The smallest absolute Gasteiger partial charge is 0.0665 e. The van der Waals surface area contributed by atoms with Crippen LogP contribution in [-0.2, 0) is 0 Å². The van der Waals surface area contributed by atoms with Crippen molar-refractivity contribution in [1.82, 2.24) is 0 Å². The molecule has 5 aliphatic carbocycles. The summed E-state index contributed by atoms with van der Waals surface area (Å²) in [5, 5.41) is 44.1. The number of aliphatic hydroxyl groups excluding tert-OH is 4. The molecule has 0 amide bonds. The van der Waals surface area contributed by atoms with Gasteiger partial charge in [-0.3, -0.25) is 0 Å². The zero-order chi connectivity index (χ0) is 25.1. The number of rotatable bonds is 1. The fourth-order valence-electron chi connectivity index (χ4n) is 10.0. The van der Waals surface area contributed by atoms with Gasteiger partial charge in [-0.2, -0.15) is 0 Å². The second-order valence-corrected chi connectivity index (χ2v) is 14.9. The van der Waals surface area contributed by atoms with Crippen molar-refractivity contribution in [3.8, 4) is 0 Å². The Hall–Kier alpha value is -0.680. The quantitative estimate of drug-likeness (QED) is 0.433. The first kappa shape index (κ1) is 25.0. The van der Waals surface area contributed by atoms with E-state index in [1.54, 1.807) is 0 Å². The lowest BCUT2D eigenvalue weighted by Crippen LogP contribution is -2.65. The molecule has 5 aliphatic rings. The average Bonchev–Trinajstić information content (AvgIpc) is 2.73. The molecule has 3 saturated carbocycles. The molecule has 0 bridgehead atoms. The van der Waals surface area contributed by atoms with Crippen LogP contribution in [-0.4, -0.2) is 45.3 Å². The zero-order valence-corrected chi connectivity index (χ0v) is 22.5. The van der Waals surface area contributed by atoms with Crippen molar-refractivity contribution in [2.45, 2.75) is 112 Å². The first-order chi connectivity index (χ1) is 15.6. The predicted molar refractivity (Wildman–Crippen MR) is 135 cm³/mol. The summed E-state index contributed by atoms with van der Waals surface area (Å²) >= 11 is 0. The van der Waals surface area contributed by atoms with Crippen molar-refractivity contribution in [3.63, 3.8) is 0 Å². The van der Waals surface area contributed by atoms with Crippen LogP contribution < -0.4 is 0 Å². The van der Waals surface area contributed by atoms with E-state index in [9.17, 15) is 20.4 Å². The van der Waals surface area contributed by atoms with E-state index in [1.807, 2.05) is 0 Å². The minimum Gasteiger partial charge on any atom is -0.395 e. The molecule has 0 aliphatic heterocycles. The molecule has 3 fully saturated rings. The van der Waals surface area contributed by atoms with E-state index < -0.39 is 17.6 Å². The molecule has 4 heteroatoms. The Kier molecular flexibility index (Phi) is 5.30. The van der Waals surface area contributed by atoms with Crippen LogP contribution in [0.4, 0.5) is 0 Å². The molecule has 192 valence electrons. The number of aliphatic hydroxyl groups is 4. The van der Waals surface area contributed by atoms with Crippen LogP contribution in [0.5, 0.6) is 0 Å². The SMILES string of the molecule is CC1(C)CC2=C3C=C[C@@H]4[C@@]5(C)CC[C@H](O)C(C)(C)[C@@H]5CC[C@@]4(C)[C@]3(C)C[C@@H](O)[C@@]2(CO)C[C@H]1O. The largest absolute Gasteiger partial charge is 0.395 e. The van der Waals surface area contributed by atoms with Crippen LogP contribution in [0.1, 0.15) is 93.4 Å². The summed E-state index contributed by atoms with van der Waals surface area (Å²) < 4.78 is 0. The van der Waals surface area contributed by atoms with Crippen LogP contribution >= 0.6 is 0 Å². The van der Waals surface area contributed by atoms with Gasteiger partial charge in [0.25, 0.3) is 0 Å². The highest BCUT2D eigenvalue weighted by Gasteiger charge is 2.68. The van der Waals surface area contributed by atoms with Gasteiger partial charge in [0.15, 0.2) is 0 Å². The average molecular weight is 473 g/mol. The summed E-state index contributed by atoms with van der Waals surface area (Å²) in [6, 6.07) is 0. The summed E-state index contributed by atoms with van der Waals surface area (Å²) in [7, 11) is 0. The molecule has 0 radical (unpaired) electrons. The molecule has 4 N–H and O–H groups in total. The summed E-state index contributed by atoms with van der Waals surface area (Å²) in [6.07, 6.45) is 9.23. The highest BCUT2D eigenvalue weighted by Crippen LogP contribution is 2.74. The van der Waals surface area contributed by atoms with Crippen molar-refractivity contribution in [2.24, 2.45) is 44.3 Å². The second kappa shape index (κ2) is 7.21. The van der Waals surface area contributed by atoms with Crippen molar-refractivity contribution < 1.29 is 20.4 Å². The summed E-state index contributed by atoms with van der Waals surface area (Å²) in [6.45, 7) is 15.9. The lowest BCUT2D eigenvalue weighted by Gasteiger charge is -2.70. The number of hydrogen-bond donors (Lipinski definition) is 4. The lowest BCUT2D eigenvalue weighted by atomic mass is 9.35. The van der Waals surface area contributed by atoms with Crippen molar-refractivity contribution >= 4 is 0 Å². The Labute approximate surface area is 206 Å². The number of fused-ring (bicyclic) bond motifs is 6. The zero-order valence-electron chi connectivity index (χ0n) is 22.5. The Morgan fingerprint density at radius 2 is 1.53 bits per heavy atom. The monoisotopic (exact) mass is 472 g/mol. The van der Waals surface area contributed by atoms with Crippen molar-refractivity contribution in [2.75, 3.05) is 6.61 Å². The van der Waals surface area contributed by atoms with E-state index in [2.05, 4.69) is 60.6 Å². The fourth-order valence-corrected chi connectivity index (χ4v) is 10.0. The topological polar surface area (TPSA) is 80.9 Å². The minimum atomic E-state index is -0.741. The second-order valence-electron chi connectivity index (χ2n) is 14.9. The van der Waals surface area contributed by atoms with E-state index >= 15 is 0 Å². The Bertz CT molecular complexity index is 932. The maximum absolute atomic E-state index is 11.7. The Morgan fingerprint density at radius 1 is 0.853 bits per heavy atom. The molecular formula is C30H48O4. The van der Waals surface area contributed by atoms with Gasteiger partial charge in [0.05, 0.1) is 24.9 Å². The van der Waals surface area contributed by atoms with Gasteiger partial charge in [-0.05, 0) is 84.0 Å². The van der Waals surface area contributed by atoms with Gasteiger partial charge in [0, 0.05) is 10.8 Å². The van der Waals surface area contributed by atoms with Gasteiger partial charge in [-0.15, -0.1) is 0 Å². The van der Waals surface area contributed by atoms with Crippen LogP contribution in [0.3, 0.4) is 0 Å². The number of hydrogen-bond acceptors (Lipinski definition) is 4. The van der Waals surface area contributed by atoms with E-state index in [1.165, 1.54) is 11.1 Å². The third-order valence-corrected chi connectivity index (χ3v) is 12.7. The van der Waals surface area contributed by atoms with E-state index in [-0.39, 0.29) is 39.8 Å².